The van der Waals surface area contributed by atoms with Crippen LogP contribution in [-0.4, -0.2) is 20.0 Å². The van der Waals surface area contributed by atoms with Crippen molar-refractivity contribution in [2.75, 3.05) is 4.90 Å². The molecule has 0 aliphatic heterocycles. The fourth-order valence-corrected chi connectivity index (χ4v) is 9.44. The van der Waals surface area contributed by atoms with Crippen LogP contribution in [0.1, 0.15) is 10.4 Å². The standard InChI is InChI=1S/C55H36N4O/c60-36-37-21-34-55-49(35-37)48-15-5-10-20-54(48)59(55)43-32-26-40(27-33-43)56(38-22-28-41(29-23-38)57-50-16-6-1-11-44(50)45-12-2-7-17-51(45)57)39-24-30-42(31-25-39)58-52-18-8-3-13-46(52)47-14-4-9-19-53(47)58/h1-36H. The minimum absolute atomic E-state index is 0.671. The maximum Gasteiger partial charge on any atom is 0.150 e. The Kier molecular flexibility index (Phi) is 7.62. The van der Waals surface area contributed by atoms with Gasteiger partial charge in [-0.05, 0) is 121 Å². The van der Waals surface area contributed by atoms with E-state index in [9.17, 15) is 4.79 Å². The van der Waals surface area contributed by atoms with Gasteiger partial charge in [0.2, 0.25) is 0 Å². The summed E-state index contributed by atoms with van der Waals surface area (Å²) in [7, 11) is 0. The van der Waals surface area contributed by atoms with Crippen LogP contribution >= 0.6 is 0 Å². The molecule has 3 aromatic heterocycles. The van der Waals surface area contributed by atoms with Crippen molar-refractivity contribution in [3.63, 3.8) is 0 Å². The molecule has 0 radical (unpaired) electrons. The molecule has 0 amide bonds. The zero-order valence-electron chi connectivity index (χ0n) is 32.5. The predicted octanol–water partition coefficient (Wildman–Crippen LogP) is 14.3. The molecule has 9 aromatic carbocycles. The van der Waals surface area contributed by atoms with Gasteiger partial charge in [0, 0.05) is 72.0 Å². The summed E-state index contributed by atoms with van der Waals surface area (Å²) in [6.07, 6.45) is 0.917. The maximum atomic E-state index is 11.7. The summed E-state index contributed by atoms with van der Waals surface area (Å²) in [6.45, 7) is 0. The largest absolute Gasteiger partial charge is 0.310 e. The molecule has 5 nitrogen and oxygen atoms in total. The van der Waals surface area contributed by atoms with Crippen LogP contribution in [0.3, 0.4) is 0 Å². The second kappa shape index (κ2) is 13.5. The number of aromatic nitrogens is 3. The van der Waals surface area contributed by atoms with Gasteiger partial charge in [0.05, 0.1) is 33.1 Å². The van der Waals surface area contributed by atoms with Crippen molar-refractivity contribution in [2.24, 2.45) is 0 Å². The van der Waals surface area contributed by atoms with E-state index in [-0.39, 0.29) is 0 Å². The molecule has 0 saturated heterocycles. The number of hydrogen-bond donors (Lipinski definition) is 0. The van der Waals surface area contributed by atoms with Gasteiger partial charge in [0.25, 0.3) is 0 Å². The Morgan fingerprint density at radius 2 is 0.583 bits per heavy atom. The van der Waals surface area contributed by atoms with Crippen molar-refractivity contribution in [2.45, 2.75) is 0 Å². The molecular formula is C55H36N4O. The highest BCUT2D eigenvalue weighted by atomic mass is 16.1. The topological polar surface area (TPSA) is 35.1 Å². The van der Waals surface area contributed by atoms with Crippen LogP contribution in [0.2, 0.25) is 0 Å². The maximum absolute atomic E-state index is 11.7. The van der Waals surface area contributed by atoms with Gasteiger partial charge < -0.3 is 18.6 Å². The van der Waals surface area contributed by atoms with E-state index < -0.39 is 0 Å². The van der Waals surface area contributed by atoms with Crippen LogP contribution in [0.4, 0.5) is 17.1 Å². The number of rotatable bonds is 7. The lowest BCUT2D eigenvalue weighted by atomic mass is 10.1. The smallest absolute Gasteiger partial charge is 0.150 e. The quantitative estimate of drug-likeness (QED) is 0.151. The third-order valence-corrected chi connectivity index (χ3v) is 12.1. The lowest BCUT2D eigenvalue weighted by molar-refractivity contribution is 0.112. The molecule has 0 fully saturated rings. The molecule has 3 heterocycles. The van der Waals surface area contributed by atoms with E-state index in [1.807, 2.05) is 12.1 Å². The Labute approximate surface area is 345 Å². The highest BCUT2D eigenvalue weighted by Gasteiger charge is 2.18. The number of nitrogens with zero attached hydrogens (tertiary/aromatic N) is 4. The number of carbonyl (C=O) groups is 1. The molecule has 0 bridgehead atoms. The van der Waals surface area contributed by atoms with Crippen molar-refractivity contribution < 1.29 is 4.79 Å². The number of anilines is 3. The molecule has 0 unspecified atom stereocenters. The van der Waals surface area contributed by atoms with E-state index in [2.05, 4.69) is 219 Å². The molecule has 0 atom stereocenters. The first-order chi connectivity index (χ1) is 29.7. The van der Waals surface area contributed by atoms with Crippen molar-refractivity contribution in [1.82, 2.24) is 13.7 Å². The third kappa shape index (κ3) is 5.16. The zero-order chi connectivity index (χ0) is 39.7. The first-order valence-corrected chi connectivity index (χ1v) is 20.3. The number of para-hydroxylation sites is 5. The number of aldehydes is 1. The van der Waals surface area contributed by atoms with Gasteiger partial charge in [-0.3, -0.25) is 4.79 Å². The first kappa shape index (κ1) is 33.9. The van der Waals surface area contributed by atoms with Gasteiger partial charge in [-0.2, -0.15) is 0 Å². The summed E-state index contributed by atoms with van der Waals surface area (Å²) >= 11 is 0. The normalized spacial score (nSPS) is 11.7. The van der Waals surface area contributed by atoms with Crippen molar-refractivity contribution in [3.05, 3.63) is 218 Å². The monoisotopic (exact) mass is 768 g/mol. The Hall–Kier alpha value is -8.15. The van der Waals surface area contributed by atoms with Gasteiger partial charge in [-0.1, -0.05) is 91.0 Å². The Balaban J connectivity index is 0.995. The average Bonchev–Trinajstić information content (AvgIpc) is 3.96. The van der Waals surface area contributed by atoms with E-state index in [4.69, 9.17) is 0 Å². The molecule has 12 rings (SSSR count). The molecule has 5 heteroatoms. The summed E-state index contributed by atoms with van der Waals surface area (Å²) in [5, 5.41) is 7.16. The van der Waals surface area contributed by atoms with E-state index in [1.54, 1.807) is 0 Å². The highest BCUT2D eigenvalue weighted by molar-refractivity contribution is 6.12. The predicted molar refractivity (Wildman–Crippen MR) is 250 cm³/mol. The van der Waals surface area contributed by atoms with Crippen LogP contribution in [0.25, 0.3) is 82.5 Å². The van der Waals surface area contributed by atoms with E-state index >= 15 is 0 Å². The van der Waals surface area contributed by atoms with Gasteiger partial charge in [-0.15, -0.1) is 0 Å². The zero-order valence-corrected chi connectivity index (χ0v) is 32.5. The van der Waals surface area contributed by atoms with Crippen LogP contribution in [0.5, 0.6) is 0 Å². The van der Waals surface area contributed by atoms with Gasteiger partial charge in [0.1, 0.15) is 6.29 Å². The summed E-state index contributed by atoms with van der Waals surface area (Å²) in [5.41, 5.74) is 14.0. The van der Waals surface area contributed by atoms with Crippen molar-refractivity contribution in [3.8, 4) is 17.1 Å². The molecule has 0 saturated carbocycles. The average molecular weight is 769 g/mol. The fourth-order valence-electron chi connectivity index (χ4n) is 9.44. The second-order valence-corrected chi connectivity index (χ2v) is 15.4. The Morgan fingerprint density at radius 3 is 0.900 bits per heavy atom. The summed E-state index contributed by atoms with van der Waals surface area (Å²) < 4.78 is 7.00. The van der Waals surface area contributed by atoms with Crippen molar-refractivity contribution >= 4 is 88.8 Å². The molecule has 0 aliphatic carbocycles. The summed E-state index contributed by atoms with van der Waals surface area (Å²) in [4.78, 5) is 14.1. The summed E-state index contributed by atoms with van der Waals surface area (Å²) in [6, 6.07) is 75.5. The molecule has 0 aliphatic rings. The van der Waals surface area contributed by atoms with E-state index in [1.165, 1.54) is 43.6 Å². The second-order valence-electron chi connectivity index (χ2n) is 15.4. The lowest BCUT2D eigenvalue weighted by Gasteiger charge is -2.26. The van der Waals surface area contributed by atoms with Gasteiger partial charge in [-0.25, -0.2) is 0 Å². The molecule has 12 aromatic rings. The van der Waals surface area contributed by atoms with Crippen molar-refractivity contribution in [1.29, 1.82) is 0 Å². The molecule has 0 spiro atoms. The fraction of sp³-hybridized carbons (Fsp3) is 0. The lowest BCUT2D eigenvalue weighted by Crippen LogP contribution is -2.10. The number of benzene rings is 9. The summed E-state index contributed by atoms with van der Waals surface area (Å²) in [5.74, 6) is 0. The first-order valence-electron chi connectivity index (χ1n) is 20.3. The molecule has 0 N–H and O–H groups in total. The van der Waals surface area contributed by atoms with Gasteiger partial charge >= 0.3 is 0 Å². The molecular weight excluding hydrogens is 733 g/mol. The van der Waals surface area contributed by atoms with Crippen LogP contribution in [0.15, 0.2) is 212 Å². The van der Waals surface area contributed by atoms with E-state index in [0.29, 0.717) is 5.56 Å². The van der Waals surface area contributed by atoms with E-state index in [0.717, 1.165) is 62.2 Å². The van der Waals surface area contributed by atoms with Gasteiger partial charge in [0.15, 0.2) is 0 Å². The number of hydrogen-bond acceptors (Lipinski definition) is 2. The Bertz CT molecular complexity index is 3340. The SMILES string of the molecule is O=Cc1ccc2c(c1)c1ccccc1n2-c1ccc(N(c2ccc(-n3c4ccccc4c4ccccc43)cc2)c2ccc(-n3c4ccccc4c4ccccc43)cc2)cc1. The number of carbonyl (C=O) groups excluding carboxylic acids is 1. The third-order valence-electron chi connectivity index (χ3n) is 12.1. The van der Waals surface area contributed by atoms with Crippen LogP contribution in [-0.2, 0) is 0 Å². The minimum atomic E-state index is 0.671. The highest BCUT2D eigenvalue weighted by Crippen LogP contribution is 2.40. The molecule has 60 heavy (non-hydrogen) atoms. The Morgan fingerprint density at radius 1 is 0.300 bits per heavy atom. The van der Waals surface area contributed by atoms with Crippen LogP contribution in [0, 0.1) is 0 Å². The van der Waals surface area contributed by atoms with Crippen LogP contribution < -0.4 is 4.90 Å². The minimum Gasteiger partial charge on any atom is -0.310 e. The molecule has 282 valence electrons. The number of fused-ring (bicyclic) bond motifs is 9.